The molecule has 0 saturated carbocycles. The van der Waals surface area contributed by atoms with Crippen molar-refractivity contribution in [2.75, 3.05) is 7.05 Å². The molecule has 0 fully saturated rings. The predicted octanol–water partition coefficient (Wildman–Crippen LogP) is 4.86. The van der Waals surface area contributed by atoms with Gasteiger partial charge in [-0.05, 0) is 30.3 Å². The molecule has 0 radical (unpaired) electrons. The fourth-order valence-electron chi connectivity index (χ4n) is 2.39. The molecule has 0 unspecified atom stereocenters. The van der Waals surface area contributed by atoms with Crippen LogP contribution in [-0.4, -0.2) is 30.0 Å². The summed E-state index contributed by atoms with van der Waals surface area (Å²) >= 11 is 5.76. The van der Waals surface area contributed by atoms with E-state index in [2.05, 4.69) is 4.74 Å². The summed E-state index contributed by atoms with van der Waals surface area (Å²) in [5.74, 6) is -0.935. The van der Waals surface area contributed by atoms with Gasteiger partial charge >= 0.3 is 6.36 Å². The molecule has 144 valence electrons. The molecule has 0 aromatic heterocycles. The Kier molecular flexibility index (Phi) is 6.85. The summed E-state index contributed by atoms with van der Waals surface area (Å²) in [5, 5.41) is 0.502. The van der Waals surface area contributed by atoms with E-state index >= 15 is 0 Å². The number of alkyl halides is 3. The van der Waals surface area contributed by atoms with Crippen LogP contribution in [0.15, 0.2) is 48.5 Å². The predicted molar refractivity (Wildman–Crippen MR) is 94.6 cm³/mol. The summed E-state index contributed by atoms with van der Waals surface area (Å²) in [5.41, 5.74) is 0.661. The van der Waals surface area contributed by atoms with Crippen molar-refractivity contribution in [3.8, 4) is 5.75 Å². The quantitative estimate of drug-likeness (QED) is 0.625. The van der Waals surface area contributed by atoms with Crippen molar-refractivity contribution >= 4 is 23.3 Å². The van der Waals surface area contributed by atoms with Crippen molar-refractivity contribution in [3.05, 3.63) is 64.7 Å². The Labute approximate surface area is 159 Å². The van der Waals surface area contributed by atoms with Crippen LogP contribution in [0.2, 0.25) is 5.02 Å². The summed E-state index contributed by atoms with van der Waals surface area (Å²) in [6, 6.07) is 11.9. The summed E-state index contributed by atoms with van der Waals surface area (Å²) in [7, 11) is 1.46. The zero-order valence-electron chi connectivity index (χ0n) is 14.4. The van der Waals surface area contributed by atoms with E-state index in [-0.39, 0.29) is 42.4 Å². The summed E-state index contributed by atoms with van der Waals surface area (Å²) in [6.45, 7) is -0.0692. The first-order valence-corrected chi connectivity index (χ1v) is 8.40. The number of rotatable bonds is 7. The van der Waals surface area contributed by atoms with Gasteiger partial charge in [0, 0.05) is 42.6 Å². The van der Waals surface area contributed by atoms with Gasteiger partial charge in [-0.25, -0.2) is 0 Å². The molecule has 2 aromatic carbocycles. The van der Waals surface area contributed by atoms with Crippen LogP contribution in [0.25, 0.3) is 0 Å². The number of hydrogen-bond acceptors (Lipinski definition) is 3. The second-order valence-electron chi connectivity index (χ2n) is 5.84. The first-order chi connectivity index (χ1) is 12.7. The zero-order valence-corrected chi connectivity index (χ0v) is 15.2. The van der Waals surface area contributed by atoms with Crippen LogP contribution < -0.4 is 4.74 Å². The number of ketones is 1. The minimum Gasteiger partial charge on any atom is -0.405 e. The van der Waals surface area contributed by atoms with Gasteiger partial charge in [-0.2, -0.15) is 0 Å². The first kappa shape index (κ1) is 20.8. The fraction of sp³-hybridized carbons (Fsp3) is 0.263. The van der Waals surface area contributed by atoms with E-state index in [1.807, 2.05) is 0 Å². The van der Waals surface area contributed by atoms with Crippen LogP contribution in [0.3, 0.4) is 0 Å². The van der Waals surface area contributed by atoms with Crippen molar-refractivity contribution < 1.29 is 27.5 Å². The number of carbonyl (C=O) groups is 2. The standard InChI is InChI=1S/C19H17ClF3NO3/c1-24(12-14-4-2-3-5-17(14)27-19(21,22)23)18(26)11-10-16(25)13-6-8-15(20)9-7-13/h2-9H,10-12H2,1H3. The van der Waals surface area contributed by atoms with E-state index in [0.717, 1.165) is 0 Å². The van der Waals surface area contributed by atoms with E-state index in [9.17, 15) is 22.8 Å². The van der Waals surface area contributed by atoms with E-state index in [0.29, 0.717) is 10.6 Å². The topological polar surface area (TPSA) is 46.6 Å². The smallest absolute Gasteiger partial charge is 0.405 e. The maximum Gasteiger partial charge on any atom is 0.573 e. The highest BCUT2D eigenvalue weighted by atomic mass is 35.5. The van der Waals surface area contributed by atoms with Crippen molar-refractivity contribution in [2.24, 2.45) is 0 Å². The third-order valence-corrected chi connectivity index (χ3v) is 4.02. The molecule has 0 atom stereocenters. The second kappa shape index (κ2) is 8.90. The lowest BCUT2D eigenvalue weighted by atomic mass is 10.1. The van der Waals surface area contributed by atoms with Crippen LogP contribution in [0, 0.1) is 0 Å². The van der Waals surface area contributed by atoms with Crippen LogP contribution >= 0.6 is 11.6 Å². The third-order valence-electron chi connectivity index (χ3n) is 3.76. The Balaban J connectivity index is 1.94. The highest BCUT2D eigenvalue weighted by Crippen LogP contribution is 2.27. The molecule has 1 amide bonds. The van der Waals surface area contributed by atoms with Crippen molar-refractivity contribution in [3.63, 3.8) is 0 Å². The zero-order chi connectivity index (χ0) is 20.0. The SMILES string of the molecule is CN(Cc1ccccc1OC(F)(F)F)C(=O)CCC(=O)c1ccc(Cl)cc1. The summed E-state index contributed by atoms with van der Waals surface area (Å²) in [6.07, 6.45) is -4.88. The van der Waals surface area contributed by atoms with E-state index < -0.39 is 6.36 Å². The number of nitrogens with zero attached hydrogens (tertiary/aromatic N) is 1. The van der Waals surface area contributed by atoms with Crippen LogP contribution in [0.1, 0.15) is 28.8 Å². The van der Waals surface area contributed by atoms with Gasteiger partial charge in [0.15, 0.2) is 5.78 Å². The normalized spacial score (nSPS) is 11.1. The fourth-order valence-corrected chi connectivity index (χ4v) is 2.52. The van der Waals surface area contributed by atoms with E-state index in [1.54, 1.807) is 30.3 Å². The maximum atomic E-state index is 12.5. The Morgan fingerprint density at radius 3 is 2.30 bits per heavy atom. The monoisotopic (exact) mass is 399 g/mol. The molecular formula is C19H17ClF3NO3. The molecule has 0 saturated heterocycles. The number of ether oxygens (including phenoxy) is 1. The Hall–Kier alpha value is -2.54. The Bertz CT molecular complexity index is 807. The molecule has 0 aliphatic carbocycles. The molecule has 2 rings (SSSR count). The maximum absolute atomic E-state index is 12.5. The molecule has 4 nitrogen and oxygen atoms in total. The number of benzene rings is 2. The number of hydrogen-bond donors (Lipinski definition) is 0. The van der Waals surface area contributed by atoms with Gasteiger partial charge in [0.05, 0.1) is 0 Å². The third kappa shape index (κ3) is 6.60. The molecule has 0 aliphatic rings. The van der Waals surface area contributed by atoms with Gasteiger partial charge in [-0.1, -0.05) is 29.8 Å². The van der Waals surface area contributed by atoms with Gasteiger partial charge in [-0.15, -0.1) is 13.2 Å². The van der Waals surface area contributed by atoms with Crippen LogP contribution in [0.4, 0.5) is 13.2 Å². The molecule has 8 heteroatoms. The summed E-state index contributed by atoms with van der Waals surface area (Å²) in [4.78, 5) is 25.6. The molecular weight excluding hydrogens is 383 g/mol. The van der Waals surface area contributed by atoms with Gasteiger partial charge in [0.2, 0.25) is 5.91 Å². The largest absolute Gasteiger partial charge is 0.573 e. The summed E-state index contributed by atoms with van der Waals surface area (Å²) < 4.78 is 41.4. The van der Waals surface area contributed by atoms with Gasteiger partial charge in [0.1, 0.15) is 5.75 Å². The van der Waals surface area contributed by atoms with Gasteiger partial charge < -0.3 is 9.64 Å². The van der Waals surface area contributed by atoms with Gasteiger partial charge in [-0.3, -0.25) is 9.59 Å². The molecule has 0 spiro atoms. The van der Waals surface area contributed by atoms with Crippen molar-refractivity contribution in [1.29, 1.82) is 0 Å². The number of carbonyl (C=O) groups excluding carboxylic acids is 2. The lowest BCUT2D eigenvalue weighted by Gasteiger charge is -2.20. The first-order valence-electron chi connectivity index (χ1n) is 8.02. The average molecular weight is 400 g/mol. The van der Waals surface area contributed by atoms with Crippen LogP contribution in [-0.2, 0) is 11.3 Å². The number of amides is 1. The Morgan fingerprint density at radius 2 is 1.67 bits per heavy atom. The second-order valence-corrected chi connectivity index (χ2v) is 6.27. The van der Waals surface area contributed by atoms with Gasteiger partial charge in [0.25, 0.3) is 0 Å². The minimum absolute atomic E-state index is 0.00843. The molecule has 27 heavy (non-hydrogen) atoms. The Morgan fingerprint density at radius 1 is 1.04 bits per heavy atom. The van der Waals surface area contributed by atoms with Crippen molar-refractivity contribution in [2.45, 2.75) is 25.7 Å². The van der Waals surface area contributed by atoms with E-state index in [1.165, 1.54) is 30.1 Å². The molecule has 2 aromatic rings. The minimum atomic E-state index is -4.82. The molecule has 0 heterocycles. The molecule has 0 N–H and O–H groups in total. The number of para-hydroxylation sites is 1. The number of halogens is 4. The average Bonchev–Trinajstić information content (AvgIpc) is 2.60. The lowest BCUT2D eigenvalue weighted by molar-refractivity contribution is -0.275. The highest BCUT2D eigenvalue weighted by molar-refractivity contribution is 6.30. The number of Topliss-reactive ketones (excluding diaryl/α,β-unsaturated/α-hetero) is 1. The van der Waals surface area contributed by atoms with E-state index in [4.69, 9.17) is 11.6 Å². The molecule has 0 bridgehead atoms. The van der Waals surface area contributed by atoms with Crippen molar-refractivity contribution in [1.82, 2.24) is 4.90 Å². The molecule has 0 aliphatic heterocycles. The van der Waals surface area contributed by atoms with Crippen LogP contribution in [0.5, 0.6) is 5.75 Å². The highest BCUT2D eigenvalue weighted by Gasteiger charge is 2.32. The lowest BCUT2D eigenvalue weighted by Crippen LogP contribution is -2.27.